The van der Waals surface area contributed by atoms with Crippen molar-refractivity contribution in [2.45, 2.75) is 19.4 Å². The van der Waals surface area contributed by atoms with Gasteiger partial charge in [0.15, 0.2) is 6.10 Å². The van der Waals surface area contributed by atoms with Crippen LogP contribution in [0, 0.1) is 0 Å². The lowest BCUT2D eigenvalue weighted by molar-refractivity contribution is -0.127. The van der Waals surface area contributed by atoms with Crippen molar-refractivity contribution in [3.63, 3.8) is 0 Å². The summed E-state index contributed by atoms with van der Waals surface area (Å²) >= 11 is 0. The number of para-hydroxylation sites is 1. The quantitative estimate of drug-likeness (QED) is 0.875. The summed E-state index contributed by atoms with van der Waals surface area (Å²) in [6, 6.07) is 15.1. The fraction of sp³-hybridized carbons (Fsp3) is 0.250. The second-order valence-electron chi connectivity index (χ2n) is 4.44. The number of nitrogens with zero attached hydrogens (tertiary/aromatic N) is 1. The Morgan fingerprint density at radius 2 is 1.95 bits per heavy atom. The summed E-state index contributed by atoms with van der Waals surface area (Å²) in [5.41, 5.74) is 0.962. The van der Waals surface area contributed by atoms with Crippen LogP contribution in [0.5, 0.6) is 5.75 Å². The molecule has 0 saturated carbocycles. The summed E-state index contributed by atoms with van der Waals surface area (Å²) in [5, 5.41) is 2.85. The number of hydrogen-bond donors (Lipinski definition) is 1. The normalized spacial score (nSPS) is 11.7. The van der Waals surface area contributed by atoms with Crippen molar-refractivity contribution >= 4 is 5.91 Å². The van der Waals surface area contributed by atoms with Gasteiger partial charge in [-0.05, 0) is 31.2 Å². The second kappa shape index (κ2) is 7.28. The Labute approximate surface area is 118 Å². The van der Waals surface area contributed by atoms with Crippen molar-refractivity contribution in [3.8, 4) is 5.75 Å². The molecule has 0 saturated heterocycles. The van der Waals surface area contributed by atoms with Crippen molar-refractivity contribution in [1.29, 1.82) is 0 Å². The number of nitrogens with one attached hydrogen (secondary N) is 1. The molecule has 1 N–H and O–H groups in total. The summed E-state index contributed by atoms with van der Waals surface area (Å²) in [5.74, 6) is 0.574. The van der Waals surface area contributed by atoms with Crippen LogP contribution in [0.2, 0.25) is 0 Å². The smallest absolute Gasteiger partial charge is 0.260 e. The first-order valence-electron chi connectivity index (χ1n) is 6.65. The Hall–Kier alpha value is -2.36. The maximum Gasteiger partial charge on any atom is 0.260 e. The van der Waals surface area contributed by atoms with Crippen LogP contribution in [0.4, 0.5) is 0 Å². The van der Waals surface area contributed by atoms with Gasteiger partial charge in [0, 0.05) is 24.9 Å². The summed E-state index contributed by atoms with van der Waals surface area (Å²) in [7, 11) is 0. The molecule has 1 unspecified atom stereocenters. The van der Waals surface area contributed by atoms with E-state index in [-0.39, 0.29) is 5.91 Å². The fourth-order valence-corrected chi connectivity index (χ4v) is 1.76. The van der Waals surface area contributed by atoms with Crippen LogP contribution in [0.1, 0.15) is 12.6 Å². The highest BCUT2D eigenvalue weighted by atomic mass is 16.5. The zero-order valence-corrected chi connectivity index (χ0v) is 11.5. The summed E-state index contributed by atoms with van der Waals surface area (Å²) in [4.78, 5) is 16.1. The van der Waals surface area contributed by atoms with Gasteiger partial charge in [0.1, 0.15) is 5.75 Å². The zero-order valence-electron chi connectivity index (χ0n) is 11.5. The predicted molar refractivity (Wildman–Crippen MR) is 77.5 cm³/mol. The number of aromatic nitrogens is 1. The van der Waals surface area contributed by atoms with Gasteiger partial charge < -0.3 is 10.1 Å². The lowest BCUT2D eigenvalue weighted by Gasteiger charge is -2.14. The van der Waals surface area contributed by atoms with E-state index in [1.54, 1.807) is 13.1 Å². The first-order chi connectivity index (χ1) is 9.75. The van der Waals surface area contributed by atoms with E-state index < -0.39 is 6.10 Å². The standard InChI is InChI=1S/C16H18N2O2/c1-13(20-15-8-3-2-4-9-15)16(19)18-12-10-14-7-5-6-11-17-14/h2-9,11,13H,10,12H2,1H3,(H,18,19). The average molecular weight is 270 g/mol. The summed E-state index contributed by atoms with van der Waals surface area (Å²) in [6.07, 6.45) is 1.95. The van der Waals surface area contributed by atoms with E-state index >= 15 is 0 Å². The van der Waals surface area contributed by atoms with Crippen LogP contribution in [-0.4, -0.2) is 23.5 Å². The van der Waals surface area contributed by atoms with Crippen molar-refractivity contribution in [1.82, 2.24) is 10.3 Å². The lowest BCUT2D eigenvalue weighted by atomic mass is 10.2. The first kappa shape index (κ1) is 14.1. The van der Waals surface area contributed by atoms with E-state index in [2.05, 4.69) is 10.3 Å². The van der Waals surface area contributed by atoms with Crippen molar-refractivity contribution in [2.24, 2.45) is 0 Å². The minimum atomic E-state index is -0.513. The minimum absolute atomic E-state index is 0.121. The maximum atomic E-state index is 11.9. The molecule has 4 heteroatoms. The Morgan fingerprint density at radius 1 is 1.20 bits per heavy atom. The number of carbonyl (C=O) groups is 1. The summed E-state index contributed by atoms with van der Waals surface area (Å²) < 4.78 is 5.55. The molecule has 0 spiro atoms. The lowest BCUT2D eigenvalue weighted by Crippen LogP contribution is -2.37. The molecular weight excluding hydrogens is 252 g/mol. The molecule has 1 amide bonds. The van der Waals surface area contributed by atoms with Crippen LogP contribution in [0.25, 0.3) is 0 Å². The molecule has 0 fully saturated rings. The highest BCUT2D eigenvalue weighted by Crippen LogP contribution is 2.10. The molecule has 1 heterocycles. The van der Waals surface area contributed by atoms with Crippen molar-refractivity contribution in [2.75, 3.05) is 6.54 Å². The SMILES string of the molecule is CC(Oc1ccccc1)C(=O)NCCc1ccccn1. The van der Waals surface area contributed by atoms with Crippen LogP contribution >= 0.6 is 0 Å². The van der Waals surface area contributed by atoms with E-state index in [0.29, 0.717) is 18.7 Å². The van der Waals surface area contributed by atoms with Gasteiger partial charge in [-0.3, -0.25) is 9.78 Å². The maximum absolute atomic E-state index is 11.9. The Balaban J connectivity index is 1.74. The third kappa shape index (κ3) is 4.39. The van der Waals surface area contributed by atoms with Crippen molar-refractivity contribution < 1.29 is 9.53 Å². The van der Waals surface area contributed by atoms with Gasteiger partial charge in [0.25, 0.3) is 5.91 Å². The monoisotopic (exact) mass is 270 g/mol. The average Bonchev–Trinajstić information content (AvgIpc) is 2.49. The molecule has 104 valence electrons. The van der Waals surface area contributed by atoms with Crippen LogP contribution in [0.3, 0.4) is 0 Å². The molecule has 2 aromatic rings. The molecule has 2 rings (SSSR count). The molecule has 0 aliphatic heterocycles. The van der Waals surface area contributed by atoms with E-state index in [1.165, 1.54) is 0 Å². The van der Waals surface area contributed by atoms with Crippen LogP contribution < -0.4 is 10.1 Å². The van der Waals surface area contributed by atoms with E-state index in [4.69, 9.17) is 4.74 Å². The van der Waals surface area contributed by atoms with E-state index in [0.717, 1.165) is 5.69 Å². The van der Waals surface area contributed by atoms with Crippen molar-refractivity contribution in [3.05, 3.63) is 60.4 Å². The Kier molecular flexibility index (Phi) is 5.12. The molecule has 1 aromatic heterocycles. The number of carbonyl (C=O) groups excluding carboxylic acids is 1. The Morgan fingerprint density at radius 3 is 2.65 bits per heavy atom. The van der Waals surface area contributed by atoms with Gasteiger partial charge >= 0.3 is 0 Å². The highest BCUT2D eigenvalue weighted by Gasteiger charge is 2.13. The zero-order chi connectivity index (χ0) is 14.2. The largest absolute Gasteiger partial charge is 0.481 e. The van der Waals surface area contributed by atoms with Crippen LogP contribution in [-0.2, 0) is 11.2 Å². The fourth-order valence-electron chi connectivity index (χ4n) is 1.76. The number of rotatable bonds is 6. The number of pyridine rings is 1. The molecule has 0 radical (unpaired) electrons. The van der Waals surface area contributed by atoms with Gasteiger partial charge in [-0.25, -0.2) is 0 Å². The van der Waals surface area contributed by atoms with Gasteiger partial charge in [0.2, 0.25) is 0 Å². The highest BCUT2D eigenvalue weighted by molar-refractivity contribution is 5.80. The topological polar surface area (TPSA) is 51.2 Å². The molecule has 0 aliphatic rings. The van der Waals surface area contributed by atoms with E-state index in [1.807, 2.05) is 48.5 Å². The van der Waals surface area contributed by atoms with E-state index in [9.17, 15) is 4.79 Å². The predicted octanol–water partition coefficient (Wildman–Crippen LogP) is 2.21. The molecule has 0 bridgehead atoms. The van der Waals surface area contributed by atoms with Gasteiger partial charge in [-0.15, -0.1) is 0 Å². The molecular formula is C16H18N2O2. The Bertz CT molecular complexity index is 529. The number of amides is 1. The first-order valence-corrected chi connectivity index (χ1v) is 6.65. The molecule has 20 heavy (non-hydrogen) atoms. The third-order valence-electron chi connectivity index (χ3n) is 2.83. The summed E-state index contributed by atoms with van der Waals surface area (Å²) in [6.45, 7) is 2.29. The number of ether oxygens (including phenoxy) is 1. The van der Waals surface area contributed by atoms with Gasteiger partial charge in [-0.1, -0.05) is 24.3 Å². The van der Waals surface area contributed by atoms with Gasteiger partial charge in [-0.2, -0.15) is 0 Å². The number of hydrogen-bond acceptors (Lipinski definition) is 3. The van der Waals surface area contributed by atoms with Crippen LogP contribution in [0.15, 0.2) is 54.7 Å². The molecule has 1 aromatic carbocycles. The second-order valence-corrected chi connectivity index (χ2v) is 4.44. The minimum Gasteiger partial charge on any atom is -0.481 e. The van der Waals surface area contributed by atoms with Gasteiger partial charge in [0.05, 0.1) is 0 Å². The molecule has 4 nitrogen and oxygen atoms in total. The molecule has 0 aliphatic carbocycles. The number of benzene rings is 1. The third-order valence-corrected chi connectivity index (χ3v) is 2.83. The molecule has 1 atom stereocenters.